The number of hydrogen-bond donors (Lipinski definition) is 2. The Bertz CT molecular complexity index is 1070. The number of carbonyl (C=O) groups excluding carboxylic acids is 2. The molecule has 0 unspecified atom stereocenters. The van der Waals surface area contributed by atoms with Crippen LogP contribution in [-0.2, 0) is 18.4 Å². The predicted molar refractivity (Wildman–Crippen MR) is 114 cm³/mol. The van der Waals surface area contributed by atoms with Crippen LogP contribution in [0, 0.1) is 19.8 Å². The molecule has 2 heterocycles. The molecule has 2 aromatic heterocycles. The summed E-state index contributed by atoms with van der Waals surface area (Å²) < 4.78 is 1.69. The van der Waals surface area contributed by atoms with Crippen LogP contribution in [0.2, 0.25) is 0 Å². The molecule has 0 saturated carbocycles. The first-order valence-electron chi connectivity index (χ1n) is 9.72. The number of hydrogen-bond acceptors (Lipinski definition) is 4. The van der Waals surface area contributed by atoms with Crippen molar-refractivity contribution >= 4 is 28.5 Å². The number of fused-ring (bicyclic) bond motifs is 1. The van der Waals surface area contributed by atoms with E-state index in [1.807, 2.05) is 59.0 Å². The van der Waals surface area contributed by atoms with Crippen LogP contribution in [-0.4, -0.2) is 26.6 Å². The van der Waals surface area contributed by atoms with E-state index in [0.717, 1.165) is 28.0 Å². The molecule has 152 valence electrons. The van der Waals surface area contributed by atoms with Crippen molar-refractivity contribution in [1.82, 2.24) is 20.1 Å². The summed E-state index contributed by atoms with van der Waals surface area (Å²) in [5.74, 6) is 0.114. The van der Waals surface area contributed by atoms with E-state index in [2.05, 4.69) is 20.7 Å². The summed E-state index contributed by atoms with van der Waals surface area (Å²) >= 11 is 0. The van der Waals surface area contributed by atoms with Gasteiger partial charge in [-0.2, -0.15) is 5.10 Å². The molecule has 0 saturated heterocycles. The van der Waals surface area contributed by atoms with Crippen LogP contribution >= 0.6 is 0 Å². The van der Waals surface area contributed by atoms with Crippen LogP contribution in [0.5, 0.6) is 0 Å². The van der Waals surface area contributed by atoms with Crippen molar-refractivity contribution in [2.45, 2.75) is 40.7 Å². The van der Waals surface area contributed by atoms with Crippen molar-refractivity contribution in [2.24, 2.45) is 13.0 Å². The van der Waals surface area contributed by atoms with Gasteiger partial charge in [-0.15, -0.1) is 0 Å². The summed E-state index contributed by atoms with van der Waals surface area (Å²) in [7, 11) is 1.82. The van der Waals surface area contributed by atoms with E-state index in [9.17, 15) is 9.59 Å². The Balaban J connectivity index is 1.74. The van der Waals surface area contributed by atoms with Crippen LogP contribution in [0.15, 0.2) is 30.3 Å². The normalized spacial score (nSPS) is 11.1. The largest absolute Gasteiger partial charge is 0.348 e. The Morgan fingerprint density at radius 3 is 2.66 bits per heavy atom. The standard InChI is InChI=1S/C22H27N5O2/c1-13(2)9-19(28)25-17-8-6-7-16(11-17)12-23-22(29)18-10-14(3)24-21-20(18)15(4)26-27(21)5/h6-8,10-11,13H,9,12H2,1-5H3,(H,23,29)(H,25,28). The average Bonchev–Trinajstić information content (AvgIpc) is 2.92. The summed E-state index contributed by atoms with van der Waals surface area (Å²) in [5.41, 5.74) is 4.44. The molecule has 0 aliphatic carbocycles. The van der Waals surface area contributed by atoms with Crippen molar-refractivity contribution in [2.75, 3.05) is 5.32 Å². The second kappa shape index (κ2) is 8.43. The lowest BCUT2D eigenvalue weighted by molar-refractivity contribution is -0.116. The molecule has 0 aliphatic heterocycles. The van der Waals surface area contributed by atoms with Crippen molar-refractivity contribution in [3.8, 4) is 0 Å². The lowest BCUT2D eigenvalue weighted by Crippen LogP contribution is -2.23. The van der Waals surface area contributed by atoms with Crippen LogP contribution in [0.3, 0.4) is 0 Å². The number of amides is 2. The Hall–Kier alpha value is -3.22. The van der Waals surface area contributed by atoms with Gasteiger partial charge < -0.3 is 10.6 Å². The van der Waals surface area contributed by atoms with Crippen molar-refractivity contribution in [1.29, 1.82) is 0 Å². The van der Waals surface area contributed by atoms with Gasteiger partial charge in [-0.05, 0) is 43.5 Å². The molecule has 2 N–H and O–H groups in total. The quantitative estimate of drug-likeness (QED) is 0.671. The number of aromatic nitrogens is 3. The smallest absolute Gasteiger partial charge is 0.252 e. The van der Waals surface area contributed by atoms with Crippen molar-refractivity contribution < 1.29 is 9.59 Å². The SMILES string of the molecule is Cc1cc(C(=O)NCc2cccc(NC(=O)CC(C)C)c2)c2c(C)nn(C)c2n1. The van der Waals surface area contributed by atoms with Crippen LogP contribution in [0.4, 0.5) is 5.69 Å². The van der Waals surface area contributed by atoms with Gasteiger partial charge in [0.25, 0.3) is 5.91 Å². The Kier molecular flexibility index (Phi) is 5.96. The van der Waals surface area contributed by atoms with E-state index in [4.69, 9.17) is 0 Å². The van der Waals surface area contributed by atoms with E-state index < -0.39 is 0 Å². The van der Waals surface area contributed by atoms with Gasteiger partial charge in [0, 0.05) is 31.4 Å². The predicted octanol–water partition coefficient (Wildman–Crippen LogP) is 3.50. The maximum atomic E-state index is 12.9. The molecule has 0 spiro atoms. The maximum Gasteiger partial charge on any atom is 0.252 e. The molecule has 3 rings (SSSR count). The number of benzene rings is 1. The van der Waals surface area contributed by atoms with Crippen LogP contribution < -0.4 is 10.6 Å². The first-order chi connectivity index (χ1) is 13.7. The number of rotatable bonds is 6. The molecule has 3 aromatic rings. The van der Waals surface area contributed by atoms with Gasteiger partial charge in [-0.1, -0.05) is 26.0 Å². The minimum absolute atomic E-state index is 0.0112. The molecule has 0 aliphatic rings. The van der Waals surface area contributed by atoms with Gasteiger partial charge in [-0.3, -0.25) is 14.3 Å². The molecule has 0 radical (unpaired) electrons. The lowest BCUT2D eigenvalue weighted by atomic mass is 10.1. The van der Waals surface area contributed by atoms with Crippen molar-refractivity contribution in [3.63, 3.8) is 0 Å². The fourth-order valence-electron chi connectivity index (χ4n) is 3.37. The Labute approximate surface area is 170 Å². The van der Waals surface area contributed by atoms with Crippen LogP contribution in [0.1, 0.15) is 47.6 Å². The molecular weight excluding hydrogens is 366 g/mol. The molecule has 7 nitrogen and oxygen atoms in total. The number of carbonyl (C=O) groups is 2. The number of pyridine rings is 1. The third-order valence-electron chi connectivity index (χ3n) is 4.60. The topological polar surface area (TPSA) is 88.9 Å². The van der Waals surface area contributed by atoms with E-state index in [-0.39, 0.29) is 11.8 Å². The fourth-order valence-corrected chi connectivity index (χ4v) is 3.37. The average molecular weight is 393 g/mol. The molecule has 29 heavy (non-hydrogen) atoms. The zero-order valence-electron chi connectivity index (χ0n) is 17.5. The molecule has 0 atom stereocenters. The summed E-state index contributed by atoms with van der Waals surface area (Å²) in [6.45, 7) is 8.11. The maximum absolute atomic E-state index is 12.9. The zero-order valence-corrected chi connectivity index (χ0v) is 17.5. The third-order valence-corrected chi connectivity index (χ3v) is 4.60. The van der Waals surface area contributed by atoms with Gasteiger partial charge in [-0.25, -0.2) is 4.98 Å². The number of nitrogens with zero attached hydrogens (tertiary/aromatic N) is 3. The monoisotopic (exact) mass is 393 g/mol. The molecule has 2 amide bonds. The number of nitrogens with one attached hydrogen (secondary N) is 2. The highest BCUT2D eigenvalue weighted by Crippen LogP contribution is 2.21. The lowest BCUT2D eigenvalue weighted by Gasteiger charge is -2.10. The molecule has 7 heteroatoms. The van der Waals surface area contributed by atoms with Gasteiger partial charge in [0.1, 0.15) is 0 Å². The van der Waals surface area contributed by atoms with Gasteiger partial charge in [0.15, 0.2) is 5.65 Å². The number of anilines is 1. The van der Waals surface area contributed by atoms with E-state index >= 15 is 0 Å². The first kappa shape index (κ1) is 20.5. The zero-order chi connectivity index (χ0) is 21.1. The first-order valence-corrected chi connectivity index (χ1v) is 9.72. The summed E-state index contributed by atoms with van der Waals surface area (Å²) in [5, 5.41) is 11.0. The molecule has 0 bridgehead atoms. The summed E-state index contributed by atoms with van der Waals surface area (Å²) in [6, 6.07) is 9.29. The second-order valence-corrected chi connectivity index (χ2v) is 7.75. The molecule has 0 fully saturated rings. The fraction of sp³-hybridized carbons (Fsp3) is 0.364. The number of aryl methyl sites for hydroxylation is 3. The molecular formula is C22H27N5O2. The highest BCUT2D eigenvalue weighted by Gasteiger charge is 2.17. The Morgan fingerprint density at radius 1 is 1.17 bits per heavy atom. The van der Waals surface area contributed by atoms with Gasteiger partial charge in [0.2, 0.25) is 5.91 Å². The minimum atomic E-state index is -0.175. The van der Waals surface area contributed by atoms with E-state index in [1.54, 1.807) is 10.7 Å². The minimum Gasteiger partial charge on any atom is -0.348 e. The van der Waals surface area contributed by atoms with E-state index in [0.29, 0.717) is 30.1 Å². The second-order valence-electron chi connectivity index (χ2n) is 7.75. The highest BCUT2D eigenvalue weighted by atomic mass is 16.2. The highest BCUT2D eigenvalue weighted by molar-refractivity contribution is 6.06. The van der Waals surface area contributed by atoms with Gasteiger partial charge >= 0.3 is 0 Å². The molecule has 1 aromatic carbocycles. The Morgan fingerprint density at radius 2 is 1.93 bits per heavy atom. The van der Waals surface area contributed by atoms with Crippen LogP contribution in [0.25, 0.3) is 11.0 Å². The third kappa shape index (κ3) is 4.80. The summed E-state index contributed by atoms with van der Waals surface area (Å²) in [4.78, 5) is 29.4. The van der Waals surface area contributed by atoms with E-state index in [1.165, 1.54) is 0 Å². The van der Waals surface area contributed by atoms with Gasteiger partial charge in [0.05, 0.1) is 16.6 Å². The van der Waals surface area contributed by atoms with Crippen molar-refractivity contribution in [3.05, 3.63) is 52.8 Å². The summed E-state index contributed by atoms with van der Waals surface area (Å²) in [6.07, 6.45) is 0.475.